The molecule has 6 nitrogen and oxygen atoms in total. The molecule has 0 saturated heterocycles. The Hall–Kier alpha value is -2.26. The van der Waals surface area contributed by atoms with Gasteiger partial charge < -0.3 is 15.0 Å². The molecule has 0 spiro atoms. The van der Waals surface area contributed by atoms with Gasteiger partial charge in [-0.2, -0.15) is 5.26 Å². The molecule has 0 fully saturated rings. The Bertz CT molecular complexity index is 569. The lowest BCUT2D eigenvalue weighted by atomic mass is 10.2. The minimum Gasteiger partial charge on any atom is -0.453 e. The first-order chi connectivity index (χ1) is 9.97. The molecule has 0 aliphatic rings. The third-order valence-electron chi connectivity index (χ3n) is 2.76. The number of methoxy groups -OCH3 is 1. The van der Waals surface area contributed by atoms with Crippen molar-refractivity contribution in [3.05, 3.63) is 28.8 Å². The summed E-state index contributed by atoms with van der Waals surface area (Å²) in [6, 6.07) is 6.64. The zero-order valence-corrected chi connectivity index (χ0v) is 12.6. The van der Waals surface area contributed by atoms with Gasteiger partial charge in [-0.05, 0) is 24.6 Å². The first kappa shape index (κ1) is 16.8. The molecule has 0 bridgehead atoms. The molecule has 1 aromatic carbocycles. The number of hydrogen-bond donors (Lipinski definition) is 1. The monoisotopic (exact) mass is 309 g/mol. The van der Waals surface area contributed by atoms with Gasteiger partial charge in [-0.25, -0.2) is 4.79 Å². The molecule has 21 heavy (non-hydrogen) atoms. The second kappa shape index (κ2) is 8.12. The van der Waals surface area contributed by atoms with Gasteiger partial charge in [-0.1, -0.05) is 11.6 Å². The van der Waals surface area contributed by atoms with Crippen LogP contribution in [0.15, 0.2) is 18.2 Å². The fourth-order valence-electron chi connectivity index (χ4n) is 1.65. The van der Waals surface area contributed by atoms with E-state index < -0.39 is 6.09 Å². The number of halogens is 1. The van der Waals surface area contributed by atoms with E-state index in [0.717, 1.165) is 0 Å². The van der Waals surface area contributed by atoms with E-state index >= 15 is 0 Å². The summed E-state index contributed by atoms with van der Waals surface area (Å²) in [4.78, 5) is 24.3. The molecular weight excluding hydrogens is 294 g/mol. The normalized spacial score (nSPS) is 9.62. The van der Waals surface area contributed by atoms with Crippen molar-refractivity contribution in [3.63, 3.8) is 0 Å². The Morgan fingerprint density at radius 1 is 1.48 bits per heavy atom. The number of nitrogens with one attached hydrogen (secondary N) is 1. The first-order valence-electron chi connectivity index (χ1n) is 6.26. The number of carbonyl (C=O) groups is 2. The van der Waals surface area contributed by atoms with E-state index in [1.165, 1.54) is 18.1 Å². The molecule has 0 aliphatic carbocycles. The standard InChI is InChI=1S/C14H16ClN3O3/c1-18(14(20)21-2)7-3-4-13(19)17-12-6-5-11(15)8-10(12)9-16/h5-6,8H,3-4,7H2,1-2H3,(H,17,19). The van der Waals surface area contributed by atoms with Crippen LogP contribution in [0.5, 0.6) is 0 Å². The van der Waals surface area contributed by atoms with E-state index in [2.05, 4.69) is 10.1 Å². The first-order valence-corrected chi connectivity index (χ1v) is 6.64. The van der Waals surface area contributed by atoms with Crippen molar-refractivity contribution in [2.24, 2.45) is 0 Å². The van der Waals surface area contributed by atoms with Crippen molar-refractivity contribution in [1.29, 1.82) is 5.26 Å². The van der Waals surface area contributed by atoms with Gasteiger partial charge in [-0.3, -0.25) is 4.79 Å². The van der Waals surface area contributed by atoms with Crippen molar-refractivity contribution in [1.82, 2.24) is 4.90 Å². The lowest BCUT2D eigenvalue weighted by Crippen LogP contribution is -2.28. The van der Waals surface area contributed by atoms with Crippen molar-refractivity contribution in [2.75, 3.05) is 26.0 Å². The van der Waals surface area contributed by atoms with Crippen molar-refractivity contribution < 1.29 is 14.3 Å². The van der Waals surface area contributed by atoms with Gasteiger partial charge in [0, 0.05) is 25.0 Å². The van der Waals surface area contributed by atoms with E-state index in [1.807, 2.05) is 6.07 Å². The topological polar surface area (TPSA) is 82.4 Å². The summed E-state index contributed by atoms with van der Waals surface area (Å²) in [5.41, 5.74) is 0.732. The maximum absolute atomic E-state index is 11.8. The van der Waals surface area contributed by atoms with Crippen LogP contribution in [-0.2, 0) is 9.53 Å². The number of ether oxygens (including phenoxy) is 1. The van der Waals surface area contributed by atoms with Gasteiger partial charge in [0.2, 0.25) is 5.91 Å². The molecule has 1 N–H and O–H groups in total. The molecule has 0 atom stereocenters. The number of nitriles is 1. The Kier molecular flexibility index (Phi) is 6.50. The van der Waals surface area contributed by atoms with E-state index in [1.54, 1.807) is 19.2 Å². The average Bonchev–Trinajstić information content (AvgIpc) is 2.47. The highest BCUT2D eigenvalue weighted by atomic mass is 35.5. The Morgan fingerprint density at radius 3 is 2.81 bits per heavy atom. The molecule has 0 aromatic heterocycles. The van der Waals surface area contributed by atoms with E-state index in [9.17, 15) is 9.59 Å². The Morgan fingerprint density at radius 2 is 2.19 bits per heavy atom. The van der Waals surface area contributed by atoms with Gasteiger partial charge in [0.1, 0.15) is 6.07 Å². The largest absolute Gasteiger partial charge is 0.453 e. The summed E-state index contributed by atoms with van der Waals surface area (Å²) in [6.45, 7) is 0.409. The van der Waals surface area contributed by atoms with Crippen LogP contribution < -0.4 is 5.32 Å². The molecule has 1 rings (SSSR count). The smallest absolute Gasteiger partial charge is 0.409 e. The van der Waals surface area contributed by atoms with Crippen molar-refractivity contribution in [3.8, 4) is 6.07 Å². The van der Waals surface area contributed by atoms with E-state index in [0.29, 0.717) is 29.2 Å². The maximum atomic E-state index is 11.8. The van der Waals surface area contributed by atoms with E-state index in [-0.39, 0.29) is 12.3 Å². The van der Waals surface area contributed by atoms with Crippen molar-refractivity contribution in [2.45, 2.75) is 12.8 Å². The summed E-state index contributed by atoms with van der Waals surface area (Å²) < 4.78 is 4.54. The summed E-state index contributed by atoms with van der Waals surface area (Å²) in [5, 5.41) is 12.1. The van der Waals surface area contributed by atoms with Gasteiger partial charge >= 0.3 is 6.09 Å². The molecule has 2 amide bonds. The number of rotatable bonds is 5. The molecule has 7 heteroatoms. The summed E-state index contributed by atoms with van der Waals surface area (Å²) in [7, 11) is 2.90. The van der Waals surface area contributed by atoms with Gasteiger partial charge in [0.15, 0.2) is 0 Å². The predicted molar refractivity (Wildman–Crippen MR) is 79.1 cm³/mol. The molecule has 0 unspecified atom stereocenters. The summed E-state index contributed by atoms with van der Waals surface area (Å²) in [5.74, 6) is -0.230. The maximum Gasteiger partial charge on any atom is 0.409 e. The molecule has 0 saturated carbocycles. The van der Waals surface area contributed by atoms with Gasteiger partial charge in [-0.15, -0.1) is 0 Å². The Labute approximate surface area is 128 Å². The second-order valence-corrected chi connectivity index (χ2v) is 4.78. The Balaban J connectivity index is 2.48. The SMILES string of the molecule is COC(=O)N(C)CCCC(=O)Nc1ccc(Cl)cc1C#N. The van der Waals surface area contributed by atoms with Crippen molar-refractivity contribution >= 4 is 29.3 Å². The highest BCUT2D eigenvalue weighted by Gasteiger charge is 2.10. The van der Waals surface area contributed by atoms with Crippen LogP contribution in [0.2, 0.25) is 5.02 Å². The molecule has 1 aromatic rings. The summed E-state index contributed by atoms with van der Waals surface area (Å²) in [6.07, 6.45) is 0.279. The predicted octanol–water partition coefficient (Wildman–Crippen LogP) is 2.63. The zero-order valence-electron chi connectivity index (χ0n) is 11.9. The van der Waals surface area contributed by atoms with Crippen LogP contribution in [-0.4, -0.2) is 37.6 Å². The van der Waals surface area contributed by atoms with E-state index in [4.69, 9.17) is 16.9 Å². The fourth-order valence-corrected chi connectivity index (χ4v) is 1.83. The van der Waals surface area contributed by atoms with Crippen LogP contribution in [0.3, 0.4) is 0 Å². The summed E-state index contributed by atoms with van der Waals surface area (Å²) >= 11 is 5.78. The highest BCUT2D eigenvalue weighted by Crippen LogP contribution is 2.20. The second-order valence-electron chi connectivity index (χ2n) is 4.35. The molecular formula is C14H16ClN3O3. The number of anilines is 1. The molecule has 112 valence electrons. The molecule has 0 heterocycles. The number of benzene rings is 1. The number of amides is 2. The minimum absolute atomic E-state index is 0.230. The molecule has 0 aliphatic heterocycles. The third kappa shape index (κ3) is 5.32. The number of carbonyl (C=O) groups excluding carboxylic acids is 2. The van der Waals surface area contributed by atoms with Crippen LogP contribution >= 0.6 is 11.6 Å². The third-order valence-corrected chi connectivity index (χ3v) is 2.99. The van der Waals surface area contributed by atoms with Gasteiger partial charge in [0.05, 0.1) is 18.4 Å². The van der Waals surface area contributed by atoms with Crippen LogP contribution in [0, 0.1) is 11.3 Å². The lowest BCUT2D eigenvalue weighted by molar-refractivity contribution is -0.116. The fraction of sp³-hybridized carbons (Fsp3) is 0.357. The highest BCUT2D eigenvalue weighted by molar-refractivity contribution is 6.30. The van der Waals surface area contributed by atoms with Crippen LogP contribution in [0.25, 0.3) is 0 Å². The van der Waals surface area contributed by atoms with Crippen LogP contribution in [0.4, 0.5) is 10.5 Å². The zero-order chi connectivity index (χ0) is 15.8. The number of hydrogen-bond acceptors (Lipinski definition) is 4. The number of nitrogens with zero attached hydrogens (tertiary/aromatic N) is 2. The quantitative estimate of drug-likeness (QED) is 0.906. The van der Waals surface area contributed by atoms with Gasteiger partial charge in [0.25, 0.3) is 0 Å². The van der Waals surface area contributed by atoms with Crippen LogP contribution in [0.1, 0.15) is 18.4 Å². The minimum atomic E-state index is -0.445. The molecule has 0 radical (unpaired) electrons. The average molecular weight is 310 g/mol. The lowest BCUT2D eigenvalue weighted by Gasteiger charge is -2.15.